The van der Waals surface area contributed by atoms with Crippen LogP contribution < -0.4 is 0 Å². The number of carbonyl (C=O) groups excluding carboxylic acids is 2. The van der Waals surface area contributed by atoms with Crippen LogP contribution in [0, 0.1) is 0 Å². The van der Waals surface area contributed by atoms with E-state index in [1.165, 1.54) is 0 Å². The number of aryl methyl sites for hydroxylation is 2. The smallest absolute Gasteiger partial charge is 0.306 e. The maximum Gasteiger partial charge on any atom is 0.306 e. The van der Waals surface area contributed by atoms with Gasteiger partial charge in [-0.3, -0.25) is 9.59 Å². The van der Waals surface area contributed by atoms with Gasteiger partial charge >= 0.3 is 11.9 Å². The molecule has 0 saturated carbocycles. The van der Waals surface area contributed by atoms with Crippen molar-refractivity contribution in [3.05, 3.63) is 69.8 Å². The number of hydrogen-bond donors (Lipinski definition) is 2. The summed E-state index contributed by atoms with van der Waals surface area (Å²) in [5, 5.41) is 21.8. The quantitative estimate of drug-likeness (QED) is 0.208. The van der Waals surface area contributed by atoms with Crippen molar-refractivity contribution in [2.24, 2.45) is 0 Å². The number of phenols is 2. The highest BCUT2D eigenvalue weighted by Gasteiger charge is 2.28. The third-order valence-corrected chi connectivity index (χ3v) is 7.65. The molecule has 0 aliphatic carbocycles. The standard InChI is InChI=1S/C38H56O6/c1-35(2,3)27-21-25(22-28(33(27)41)36(4,5)6)15-17-31(39)43-19-13-14-20-44-32(40)18-16-26-23-29(37(7,8)9)34(42)30(24-26)38(10,11)12/h13-14,21-24,41-42H,15-20H2,1-12H3. The Morgan fingerprint density at radius 1 is 0.545 bits per heavy atom. The molecule has 0 fully saturated rings. The van der Waals surface area contributed by atoms with Crippen molar-refractivity contribution >= 4 is 11.9 Å². The van der Waals surface area contributed by atoms with Crippen LogP contribution in [0.5, 0.6) is 11.5 Å². The number of hydrogen-bond acceptors (Lipinski definition) is 6. The first-order valence-electron chi connectivity index (χ1n) is 15.7. The first-order valence-corrected chi connectivity index (χ1v) is 15.7. The van der Waals surface area contributed by atoms with Gasteiger partial charge in [-0.05, 0) is 80.0 Å². The Bertz CT molecular complexity index is 1160. The van der Waals surface area contributed by atoms with E-state index >= 15 is 0 Å². The number of benzene rings is 2. The largest absolute Gasteiger partial charge is 0.507 e. The van der Waals surface area contributed by atoms with Gasteiger partial charge in [-0.1, -0.05) is 107 Å². The van der Waals surface area contributed by atoms with E-state index in [1.54, 1.807) is 12.2 Å². The highest BCUT2D eigenvalue weighted by Crippen LogP contribution is 2.41. The predicted octanol–water partition coefficient (Wildman–Crippen LogP) is 8.50. The zero-order chi connectivity index (χ0) is 33.7. The number of aromatic hydroxyl groups is 2. The van der Waals surface area contributed by atoms with Gasteiger partial charge in [0.15, 0.2) is 0 Å². The van der Waals surface area contributed by atoms with Crippen molar-refractivity contribution in [1.29, 1.82) is 0 Å². The average molecular weight is 609 g/mol. The van der Waals surface area contributed by atoms with Crippen molar-refractivity contribution in [3.8, 4) is 11.5 Å². The van der Waals surface area contributed by atoms with Crippen LogP contribution in [0.2, 0.25) is 0 Å². The first-order chi connectivity index (χ1) is 20.0. The second kappa shape index (κ2) is 14.2. The van der Waals surface area contributed by atoms with Crippen molar-refractivity contribution in [3.63, 3.8) is 0 Å². The fourth-order valence-corrected chi connectivity index (χ4v) is 5.02. The van der Waals surface area contributed by atoms with Crippen LogP contribution >= 0.6 is 0 Å². The lowest BCUT2D eigenvalue weighted by molar-refractivity contribution is -0.143. The van der Waals surface area contributed by atoms with E-state index < -0.39 is 0 Å². The lowest BCUT2D eigenvalue weighted by Crippen LogP contribution is -2.18. The highest BCUT2D eigenvalue weighted by molar-refractivity contribution is 5.70. The molecule has 2 aromatic carbocycles. The minimum atomic E-state index is -0.313. The Hall–Kier alpha value is -3.28. The Morgan fingerprint density at radius 2 is 0.795 bits per heavy atom. The molecule has 2 rings (SSSR count). The number of phenolic OH excluding ortho intramolecular Hbond substituents is 2. The molecule has 0 heterocycles. The van der Waals surface area contributed by atoms with Gasteiger partial charge in [0, 0.05) is 12.8 Å². The van der Waals surface area contributed by atoms with E-state index in [1.807, 2.05) is 24.3 Å². The third-order valence-electron chi connectivity index (χ3n) is 7.65. The molecule has 244 valence electrons. The van der Waals surface area contributed by atoms with Crippen LogP contribution in [0.1, 0.15) is 129 Å². The van der Waals surface area contributed by atoms with Gasteiger partial charge in [-0.2, -0.15) is 0 Å². The minimum absolute atomic E-state index is 0.102. The lowest BCUT2D eigenvalue weighted by Gasteiger charge is -2.28. The topological polar surface area (TPSA) is 93.1 Å². The van der Waals surface area contributed by atoms with Gasteiger partial charge in [-0.15, -0.1) is 0 Å². The molecule has 0 aliphatic heterocycles. The lowest BCUT2D eigenvalue weighted by atomic mass is 9.78. The van der Waals surface area contributed by atoms with Crippen LogP contribution in [-0.2, 0) is 53.6 Å². The summed E-state index contributed by atoms with van der Waals surface area (Å²) in [5.74, 6) is 0.0266. The van der Waals surface area contributed by atoms with E-state index in [0.29, 0.717) is 24.3 Å². The van der Waals surface area contributed by atoms with Crippen molar-refractivity contribution < 1.29 is 29.3 Å². The predicted molar refractivity (Wildman–Crippen MR) is 179 cm³/mol. The molecule has 0 aromatic heterocycles. The molecule has 6 heteroatoms. The van der Waals surface area contributed by atoms with E-state index in [0.717, 1.165) is 33.4 Å². The molecule has 0 aliphatic rings. The van der Waals surface area contributed by atoms with E-state index in [9.17, 15) is 19.8 Å². The SMILES string of the molecule is CC(C)(C)c1cc(CCC(=O)OCC=CCOC(=O)CCc2cc(C(C)(C)C)c(O)c(C(C)(C)C)c2)cc(C(C)(C)C)c1O. The van der Waals surface area contributed by atoms with Gasteiger partial charge in [-0.25, -0.2) is 0 Å². The number of ether oxygens (including phenoxy) is 2. The Morgan fingerprint density at radius 3 is 1.02 bits per heavy atom. The third kappa shape index (κ3) is 10.7. The highest BCUT2D eigenvalue weighted by atomic mass is 16.5. The minimum Gasteiger partial charge on any atom is -0.507 e. The molecular formula is C38H56O6. The first kappa shape index (κ1) is 36.9. The van der Waals surface area contributed by atoms with E-state index in [4.69, 9.17) is 9.47 Å². The molecule has 0 unspecified atom stereocenters. The monoisotopic (exact) mass is 608 g/mol. The van der Waals surface area contributed by atoms with Crippen LogP contribution in [0.25, 0.3) is 0 Å². The summed E-state index contributed by atoms with van der Waals surface area (Å²) in [6.45, 7) is 25.0. The summed E-state index contributed by atoms with van der Waals surface area (Å²) in [4.78, 5) is 24.8. The Kier molecular flexibility index (Phi) is 11.9. The average Bonchev–Trinajstić information content (AvgIpc) is 2.86. The molecule has 0 atom stereocenters. The maximum absolute atomic E-state index is 12.4. The summed E-state index contributed by atoms with van der Waals surface area (Å²) in [7, 11) is 0. The van der Waals surface area contributed by atoms with Gasteiger partial charge in [0.05, 0.1) is 0 Å². The van der Waals surface area contributed by atoms with Crippen LogP contribution in [-0.4, -0.2) is 35.4 Å². The van der Waals surface area contributed by atoms with Gasteiger partial charge in [0.1, 0.15) is 24.7 Å². The van der Waals surface area contributed by atoms with Crippen LogP contribution in [0.3, 0.4) is 0 Å². The number of rotatable bonds is 10. The van der Waals surface area contributed by atoms with Crippen LogP contribution in [0.15, 0.2) is 36.4 Å². The summed E-state index contributed by atoms with van der Waals surface area (Å²) < 4.78 is 10.7. The molecule has 0 bridgehead atoms. The van der Waals surface area contributed by atoms with Gasteiger partial charge < -0.3 is 19.7 Å². The summed E-state index contributed by atoms with van der Waals surface area (Å²) in [5.41, 5.74) is 4.56. The molecule has 0 radical (unpaired) electrons. The molecular weight excluding hydrogens is 552 g/mol. The zero-order valence-electron chi connectivity index (χ0n) is 29.2. The van der Waals surface area contributed by atoms with Gasteiger partial charge in [0.2, 0.25) is 0 Å². The summed E-state index contributed by atoms with van der Waals surface area (Å²) in [6, 6.07) is 7.95. The fourth-order valence-electron chi connectivity index (χ4n) is 5.02. The second-order valence-electron chi connectivity index (χ2n) is 15.9. The van der Waals surface area contributed by atoms with Crippen molar-refractivity contribution in [1.82, 2.24) is 0 Å². The number of carbonyl (C=O) groups is 2. The molecule has 0 amide bonds. The van der Waals surface area contributed by atoms with Crippen LogP contribution in [0.4, 0.5) is 0 Å². The van der Waals surface area contributed by atoms with Crippen molar-refractivity contribution in [2.75, 3.05) is 13.2 Å². The molecule has 44 heavy (non-hydrogen) atoms. The maximum atomic E-state index is 12.4. The van der Waals surface area contributed by atoms with E-state index in [2.05, 4.69) is 83.1 Å². The molecule has 0 saturated heterocycles. The van der Waals surface area contributed by atoms with E-state index in [-0.39, 0.29) is 59.7 Å². The Balaban J connectivity index is 1.85. The van der Waals surface area contributed by atoms with Gasteiger partial charge in [0.25, 0.3) is 0 Å². The second-order valence-corrected chi connectivity index (χ2v) is 15.9. The molecule has 0 spiro atoms. The molecule has 6 nitrogen and oxygen atoms in total. The van der Waals surface area contributed by atoms with Crippen molar-refractivity contribution in [2.45, 2.75) is 130 Å². The summed E-state index contributed by atoms with van der Waals surface area (Å²) in [6.07, 6.45) is 4.83. The Labute approximate surface area is 265 Å². The normalized spacial score (nSPS) is 12.9. The number of esters is 2. The zero-order valence-corrected chi connectivity index (χ0v) is 29.2. The molecule has 2 aromatic rings. The summed E-state index contributed by atoms with van der Waals surface area (Å²) >= 11 is 0. The fraction of sp³-hybridized carbons (Fsp3) is 0.579. The molecule has 2 N–H and O–H groups in total.